The van der Waals surface area contributed by atoms with Crippen molar-refractivity contribution in [3.05, 3.63) is 95.6 Å². The molecule has 0 amide bonds. The van der Waals surface area contributed by atoms with Crippen molar-refractivity contribution in [1.29, 1.82) is 5.41 Å². The maximum Gasteiger partial charge on any atom is 0.333 e. The van der Waals surface area contributed by atoms with Gasteiger partial charge in [-0.3, -0.25) is 0 Å². The van der Waals surface area contributed by atoms with E-state index in [-0.39, 0.29) is 0 Å². The molecular formula is C31H31BN3O2. The summed E-state index contributed by atoms with van der Waals surface area (Å²) in [6.45, 7) is 7.16. The Bertz CT molecular complexity index is 1510. The van der Waals surface area contributed by atoms with Crippen molar-refractivity contribution in [2.45, 2.75) is 44.9 Å². The molecule has 4 aromatic rings. The van der Waals surface area contributed by atoms with Crippen LogP contribution in [-0.2, 0) is 4.65 Å². The van der Waals surface area contributed by atoms with E-state index in [1.54, 1.807) is 21.3 Å². The van der Waals surface area contributed by atoms with E-state index >= 15 is 0 Å². The Morgan fingerprint density at radius 1 is 0.892 bits per heavy atom. The Hall–Kier alpha value is -3.58. The molecule has 1 atom stereocenters. The number of nitrogens with two attached hydrogens (primary N) is 1. The second-order valence-corrected chi connectivity index (χ2v) is 10.5. The number of rotatable bonds is 6. The van der Waals surface area contributed by atoms with E-state index in [0.29, 0.717) is 5.71 Å². The molecule has 37 heavy (non-hydrogen) atoms. The first-order valence-electron chi connectivity index (χ1n) is 12.5. The van der Waals surface area contributed by atoms with E-state index < -0.39 is 17.2 Å². The summed E-state index contributed by atoms with van der Waals surface area (Å²) >= 11 is 0. The Labute approximate surface area is 218 Å². The average Bonchev–Trinajstić information content (AvgIpc) is 2.89. The van der Waals surface area contributed by atoms with Crippen LogP contribution >= 0.6 is 0 Å². The lowest BCUT2D eigenvalue weighted by molar-refractivity contribution is -0.0893. The van der Waals surface area contributed by atoms with Crippen LogP contribution in [0.5, 0.6) is 0 Å². The summed E-state index contributed by atoms with van der Waals surface area (Å²) in [4.78, 5) is 5.15. The SMILES string of the molecule is CC(C)(O)C(C)(C)O[B]c1cccc2c3c(c(-c4ccccc4)nc12)C=C(c1ccccc1)C(N)C3=N. The van der Waals surface area contributed by atoms with Gasteiger partial charge in [-0.15, -0.1) is 0 Å². The van der Waals surface area contributed by atoms with Gasteiger partial charge in [-0.05, 0) is 50.4 Å². The monoisotopic (exact) mass is 488 g/mol. The maximum absolute atomic E-state index is 10.6. The summed E-state index contributed by atoms with van der Waals surface area (Å²) < 4.78 is 6.10. The summed E-state index contributed by atoms with van der Waals surface area (Å²) in [5, 5.41) is 20.6. The highest BCUT2D eigenvalue weighted by molar-refractivity contribution is 6.51. The molecule has 1 aliphatic rings. The van der Waals surface area contributed by atoms with Gasteiger partial charge in [0.1, 0.15) is 0 Å². The second-order valence-electron chi connectivity index (χ2n) is 10.5. The molecule has 5 rings (SSSR count). The number of nitrogens with one attached hydrogen (secondary N) is 1. The summed E-state index contributed by atoms with van der Waals surface area (Å²) in [7, 11) is 1.66. The Morgan fingerprint density at radius 3 is 2.14 bits per heavy atom. The molecule has 0 spiro atoms. The normalized spacial score (nSPS) is 15.9. The third-order valence-electron chi connectivity index (χ3n) is 7.41. The summed E-state index contributed by atoms with van der Waals surface area (Å²) in [5.41, 5.74) is 12.0. The van der Waals surface area contributed by atoms with E-state index in [2.05, 4.69) is 6.08 Å². The first-order valence-corrected chi connectivity index (χ1v) is 12.5. The summed E-state index contributed by atoms with van der Waals surface area (Å²) in [5.74, 6) is 0. The number of pyridine rings is 1. The van der Waals surface area contributed by atoms with E-state index in [9.17, 15) is 10.5 Å². The highest BCUT2D eigenvalue weighted by atomic mass is 16.5. The van der Waals surface area contributed by atoms with Crippen LogP contribution < -0.4 is 11.2 Å². The number of para-hydroxylation sites is 1. The minimum atomic E-state index is -1.05. The summed E-state index contributed by atoms with van der Waals surface area (Å²) in [6, 6.07) is 25.3. The lowest BCUT2D eigenvalue weighted by Crippen LogP contribution is -2.49. The molecule has 1 unspecified atom stereocenters. The molecule has 4 N–H and O–H groups in total. The molecule has 6 heteroatoms. The van der Waals surface area contributed by atoms with Gasteiger partial charge >= 0.3 is 7.48 Å². The van der Waals surface area contributed by atoms with Gasteiger partial charge in [0.05, 0.1) is 34.2 Å². The molecule has 0 saturated heterocycles. The van der Waals surface area contributed by atoms with Crippen molar-refractivity contribution in [1.82, 2.24) is 4.98 Å². The fraction of sp³-hybridized carbons (Fsp3) is 0.226. The van der Waals surface area contributed by atoms with Gasteiger partial charge in [-0.1, -0.05) is 78.9 Å². The number of aromatic nitrogens is 1. The van der Waals surface area contributed by atoms with Crippen LogP contribution in [0.4, 0.5) is 0 Å². The smallest absolute Gasteiger partial charge is 0.333 e. The van der Waals surface area contributed by atoms with E-state index in [1.165, 1.54) is 0 Å². The fourth-order valence-corrected chi connectivity index (χ4v) is 4.47. The van der Waals surface area contributed by atoms with Gasteiger partial charge in [-0.25, -0.2) is 4.98 Å². The highest BCUT2D eigenvalue weighted by Gasteiger charge is 2.36. The third kappa shape index (κ3) is 4.53. The van der Waals surface area contributed by atoms with Crippen molar-refractivity contribution in [3.8, 4) is 11.3 Å². The predicted octanol–water partition coefficient (Wildman–Crippen LogP) is 4.96. The molecule has 1 radical (unpaired) electrons. The zero-order valence-corrected chi connectivity index (χ0v) is 21.6. The van der Waals surface area contributed by atoms with Crippen LogP contribution in [0.3, 0.4) is 0 Å². The van der Waals surface area contributed by atoms with Crippen LogP contribution in [0, 0.1) is 5.41 Å². The molecule has 1 heterocycles. The van der Waals surface area contributed by atoms with Crippen LogP contribution in [-0.4, -0.2) is 40.5 Å². The molecule has 0 aliphatic heterocycles. The number of nitrogens with zero attached hydrogens (tertiary/aromatic N) is 1. The topological polar surface area (TPSA) is 92.2 Å². The maximum atomic E-state index is 10.6. The zero-order chi connectivity index (χ0) is 26.4. The molecule has 0 saturated carbocycles. The molecule has 0 bridgehead atoms. The Morgan fingerprint density at radius 2 is 1.51 bits per heavy atom. The van der Waals surface area contributed by atoms with Gasteiger partial charge in [0.25, 0.3) is 0 Å². The molecule has 0 fully saturated rings. The largest absolute Gasteiger partial charge is 0.427 e. The van der Waals surface area contributed by atoms with E-state index in [0.717, 1.165) is 49.9 Å². The van der Waals surface area contributed by atoms with E-state index in [4.69, 9.17) is 15.4 Å². The van der Waals surface area contributed by atoms with Gasteiger partial charge in [0.15, 0.2) is 0 Å². The lowest BCUT2D eigenvalue weighted by Gasteiger charge is -2.37. The molecule has 3 aromatic carbocycles. The standard InChI is InChI=1S/C31H31BN3O2/c1-30(2,36)31(3,4)37-32-24-17-11-16-21-25-23(28(35-29(21)24)20-14-9-6-10-15-20)18-22(26(33)27(25)34)19-12-7-5-8-13-19/h5-18,26,34,36H,33H2,1-4H3. The third-order valence-corrected chi connectivity index (χ3v) is 7.41. The molecule has 185 valence electrons. The highest BCUT2D eigenvalue weighted by Crippen LogP contribution is 2.38. The van der Waals surface area contributed by atoms with Crippen molar-refractivity contribution < 1.29 is 9.76 Å². The molecular weight excluding hydrogens is 457 g/mol. The molecule has 5 nitrogen and oxygen atoms in total. The van der Waals surface area contributed by atoms with Gasteiger partial charge in [-0.2, -0.15) is 0 Å². The average molecular weight is 488 g/mol. The van der Waals surface area contributed by atoms with Gasteiger partial charge < -0.3 is 20.9 Å². The molecule has 1 aliphatic carbocycles. The van der Waals surface area contributed by atoms with Crippen molar-refractivity contribution >= 4 is 41.2 Å². The van der Waals surface area contributed by atoms with Crippen molar-refractivity contribution in [2.75, 3.05) is 0 Å². The predicted molar refractivity (Wildman–Crippen MR) is 153 cm³/mol. The van der Waals surface area contributed by atoms with Crippen LogP contribution in [0.2, 0.25) is 0 Å². The Balaban J connectivity index is 1.75. The van der Waals surface area contributed by atoms with Gasteiger partial charge in [0, 0.05) is 22.1 Å². The molecule has 1 aromatic heterocycles. The van der Waals surface area contributed by atoms with Crippen molar-refractivity contribution in [3.63, 3.8) is 0 Å². The van der Waals surface area contributed by atoms with Gasteiger partial charge in [0.2, 0.25) is 0 Å². The first kappa shape index (κ1) is 25.1. The number of hydrogen-bond acceptors (Lipinski definition) is 5. The van der Waals surface area contributed by atoms with Crippen molar-refractivity contribution in [2.24, 2.45) is 5.73 Å². The quantitative estimate of drug-likeness (QED) is 0.335. The number of benzene rings is 3. The zero-order valence-electron chi connectivity index (χ0n) is 21.6. The Kier molecular flexibility index (Phi) is 6.36. The van der Waals surface area contributed by atoms with Crippen LogP contribution in [0.1, 0.15) is 44.4 Å². The number of hydrogen-bond donors (Lipinski definition) is 3. The lowest BCUT2D eigenvalue weighted by atomic mass is 9.77. The van der Waals surface area contributed by atoms with E-state index in [1.807, 2.05) is 92.7 Å². The second kappa shape index (κ2) is 9.38. The van der Waals surface area contributed by atoms with Crippen LogP contribution in [0.25, 0.3) is 33.8 Å². The minimum absolute atomic E-state index is 0.357. The number of fused-ring (bicyclic) bond motifs is 3. The summed E-state index contributed by atoms with van der Waals surface area (Å²) in [6.07, 6.45) is 2.09. The minimum Gasteiger partial charge on any atom is -0.427 e. The first-order chi connectivity index (χ1) is 17.6. The number of aliphatic hydroxyl groups is 1. The van der Waals surface area contributed by atoms with Crippen LogP contribution in [0.15, 0.2) is 78.9 Å². The fourth-order valence-electron chi connectivity index (χ4n) is 4.47.